The SMILES string of the molecule is CCCN(CCC)P(=O)(NCl)NCl. The average molecular weight is 248 g/mol. The summed E-state index contributed by atoms with van der Waals surface area (Å²) in [6.07, 6.45) is 1.81. The number of hydrogen-bond donors (Lipinski definition) is 2. The Bertz CT molecular complexity index is 167. The molecule has 0 heterocycles. The summed E-state index contributed by atoms with van der Waals surface area (Å²) in [5.41, 5.74) is 0. The minimum Gasteiger partial charge on any atom is -0.268 e. The molecule has 0 aliphatic carbocycles. The number of rotatable bonds is 7. The minimum absolute atomic E-state index is 0.699. The van der Waals surface area contributed by atoms with Crippen LogP contribution in [0.5, 0.6) is 0 Å². The fourth-order valence-electron chi connectivity index (χ4n) is 1.03. The Morgan fingerprint density at radius 3 is 1.77 bits per heavy atom. The van der Waals surface area contributed by atoms with E-state index in [1.165, 1.54) is 0 Å². The van der Waals surface area contributed by atoms with E-state index >= 15 is 0 Å². The second-order valence-electron chi connectivity index (χ2n) is 2.70. The van der Waals surface area contributed by atoms with Gasteiger partial charge in [-0.25, -0.2) is 4.67 Å². The number of hydrogen-bond acceptors (Lipinski definition) is 1. The Morgan fingerprint density at radius 2 is 1.54 bits per heavy atom. The fourth-order valence-corrected chi connectivity index (χ4v) is 3.27. The second-order valence-corrected chi connectivity index (χ2v) is 5.77. The van der Waals surface area contributed by atoms with Gasteiger partial charge in [-0.3, -0.25) is 4.57 Å². The van der Waals surface area contributed by atoms with Crippen LogP contribution in [0, 0.1) is 0 Å². The third-order valence-electron chi connectivity index (χ3n) is 1.59. The second kappa shape index (κ2) is 7.04. The Morgan fingerprint density at radius 1 is 1.15 bits per heavy atom. The lowest BCUT2D eigenvalue weighted by atomic mass is 10.4. The van der Waals surface area contributed by atoms with Gasteiger partial charge in [0, 0.05) is 13.1 Å². The molecule has 0 rings (SSSR count). The largest absolute Gasteiger partial charge is 0.309 e. The average Bonchev–Trinajstić information content (AvgIpc) is 2.16. The molecule has 0 spiro atoms. The quantitative estimate of drug-likeness (QED) is 0.537. The summed E-state index contributed by atoms with van der Waals surface area (Å²) in [5.74, 6) is 0. The van der Waals surface area contributed by atoms with E-state index in [2.05, 4.69) is 9.21 Å². The third kappa shape index (κ3) is 4.15. The summed E-state index contributed by atoms with van der Waals surface area (Å²) in [4.78, 5) is 0. The van der Waals surface area contributed by atoms with Crippen LogP contribution in [0.2, 0.25) is 0 Å². The van der Waals surface area contributed by atoms with Gasteiger partial charge < -0.3 is 0 Å². The van der Waals surface area contributed by atoms with Gasteiger partial charge in [-0.05, 0) is 36.4 Å². The summed E-state index contributed by atoms with van der Waals surface area (Å²) in [7, 11) is -2.96. The van der Waals surface area contributed by atoms with Gasteiger partial charge in [-0.1, -0.05) is 13.8 Å². The maximum atomic E-state index is 11.9. The van der Waals surface area contributed by atoms with Crippen LogP contribution in [0.1, 0.15) is 26.7 Å². The predicted octanol–water partition coefficient (Wildman–Crippen LogP) is 2.70. The Labute approximate surface area is 89.7 Å². The van der Waals surface area contributed by atoms with Crippen LogP contribution in [0.15, 0.2) is 0 Å². The van der Waals surface area contributed by atoms with E-state index in [1.807, 2.05) is 13.8 Å². The van der Waals surface area contributed by atoms with E-state index in [0.29, 0.717) is 13.1 Å². The fraction of sp³-hybridized carbons (Fsp3) is 1.00. The molecule has 0 aliphatic rings. The maximum absolute atomic E-state index is 11.9. The summed E-state index contributed by atoms with van der Waals surface area (Å²) in [5, 5.41) is 0. The molecule has 4 nitrogen and oxygen atoms in total. The smallest absolute Gasteiger partial charge is 0.268 e. The highest BCUT2D eigenvalue weighted by atomic mass is 35.5. The van der Waals surface area contributed by atoms with E-state index in [9.17, 15) is 4.57 Å². The van der Waals surface area contributed by atoms with Crippen molar-refractivity contribution in [3.63, 3.8) is 0 Å². The van der Waals surface area contributed by atoms with Crippen LogP contribution < -0.4 is 9.21 Å². The van der Waals surface area contributed by atoms with Crippen molar-refractivity contribution in [3.8, 4) is 0 Å². The highest BCUT2D eigenvalue weighted by Crippen LogP contribution is 2.42. The van der Waals surface area contributed by atoms with Crippen molar-refractivity contribution in [2.24, 2.45) is 0 Å². The molecule has 80 valence electrons. The molecular formula is C6H16Cl2N3OP. The van der Waals surface area contributed by atoms with E-state index in [-0.39, 0.29) is 0 Å². The van der Waals surface area contributed by atoms with Gasteiger partial charge >= 0.3 is 7.59 Å². The molecule has 0 radical (unpaired) electrons. The zero-order chi connectivity index (χ0) is 10.3. The van der Waals surface area contributed by atoms with E-state index in [1.54, 1.807) is 4.67 Å². The number of nitrogens with one attached hydrogen (secondary N) is 2. The lowest BCUT2D eigenvalue weighted by Gasteiger charge is -2.27. The Hall–Kier alpha value is 0.690. The van der Waals surface area contributed by atoms with Crippen LogP contribution in [-0.2, 0) is 4.57 Å². The zero-order valence-electron chi connectivity index (χ0n) is 7.89. The first-order chi connectivity index (χ1) is 6.14. The Balaban J connectivity index is 4.38. The molecule has 2 N–H and O–H groups in total. The lowest BCUT2D eigenvalue weighted by molar-refractivity contribution is 0.403. The number of halogens is 2. The topological polar surface area (TPSA) is 44.4 Å². The van der Waals surface area contributed by atoms with Gasteiger partial charge in [0.15, 0.2) is 0 Å². The van der Waals surface area contributed by atoms with Crippen molar-refractivity contribution in [2.45, 2.75) is 26.7 Å². The molecule has 0 atom stereocenters. The molecule has 0 saturated heterocycles. The van der Waals surface area contributed by atoms with Crippen LogP contribution in [0.3, 0.4) is 0 Å². The van der Waals surface area contributed by atoms with Crippen LogP contribution in [0.25, 0.3) is 0 Å². The monoisotopic (exact) mass is 247 g/mol. The first-order valence-electron chi connectivity index (χ1n) is 4.25. The van der Waals surface area contributed by atoms with Gasteiger partial charge in [0.05, 0.1) is 0 Å². The molecular weight excluding hydrogens is 232 g/mol. The summed E-state index contributed by atoms with van der Waals surface area (Å²) in [6.45, 7) is 5.42. The summed E-state index contributed by atoms with van der Waals surface area (Å²) >= 11 is 10.7. The first kappa shape index (κ1) is 13.7. The molecule has 0 aromatic rings. The molecule has 0 aromatic heterocycles. The van der Waals surface area contributed by atoms with E-state index < -0.39 is 7.59 Å². The van der Waals surface area contributed by atoms with E-state index in [0.717, 1.165) is 12.8 Å². The van der Waals surface area contributed by atoms with Gasteiger partial charge in [-0.15, -0.1) is 0 Å². The van der Waals surface area contributed by atoms with Gasteiger partial charge in [0.25, 0.3) is 0 Å². The van der Waals surface area contributed by atoms with Crippen LogP contribution >= 0.6 is 31.1 Å². The lowest BCUT2D eigenvalue weighted by Crippen LogP contribution is -2.30. The van der Waals surface area contributed by atoms with Gasteiger partial charge in [-0.2, -0.15) is 9.21 Å². The molecule has 0 fully saturated rings. The van der Waals surface area contributed by atoms with Crippen molar-refractivity contribution in [1.29, 1.82) is 0 Å². The normalized spacial score (nSPS) is 12.4. The minimum atomic E-state index is -2.96. The molecule has 0 saturated carbocycles. The van der Waals surface area contributed by atoms with Crippen molar-refractivity contribution >= 4 is 31.1 Å². The standard InChI is InChI=1S/C6H16Cl2N3OP/c1-3-5-11(6-4-2)13(12,9-7)10-8/h3-6H2,1-2H3,(H2,9,10,12). The molecule has 13 heavy (non-hydrogen) atoms. The van der Waals surface area contributed by atoms with Gasteiger partial charge in [0.1, 0.15) is 0 Å². The van der Waals surface area contributed by atoms with Crippen molar-refractivity contribution in [2.75, 3.05) is 13.1 Å². The summed E-state index contributed by atoms with van der Waals surface area (Å²) in [6, 6.07) is 0. The summed E-state index contributed by atoms with van der Waals surface area (Å²) < 4.78 is 18.0. The van der Waals surface area contributed by atoms with Crippen LogP contribution in [0.4, 0.5) is 0 Å². The highest BCUT2D eigenvalue weighted by Gasteiger charge is 2.27. The van der Waals surface area contributed by atoms with Crippen molar-refractivity contribution in [3.05, 3.63) is 0 Å². The molecule has 0 aromatic carbocycles. The Kier molecular flexibility index (Phi) is 7.42. The molecule has 0 bridgehead atoms. The molecule has 0 aliphatic heterocycles. The first-order valence-corrected chi connectivity index (χ1v) is 6.67. The highest BCUT2D eigenvalue weighted by molar-refractivity contribution is 7.59. The van der Waals surface area contributed by atoms with Crippen LogP contribution in [-0.4, -0.2) is 17.8 Å². The molecule has 0 unspecified atom stereocenters. The zero-order valence-corrected chi connectivity index (χ0v) is 10.3. The molecule has 0 amide bonds. The predicted molar refractivity (Wildman–Crippen MR) is 57.7 cm³/mol. The third-order valence-corrected chi connectivity index (χ3v) is 4.62. The molecule has 7 heteroatoms. The maximum Gasteiger partial charge on any atom is 0.309 e. The number of nitrogens with zero attached hydrogens (tertiary/aromatic N) is 1. The van der Waals surface area contributed by atoms with Gasteiger partial charge in [0.2, 0.25) is 0 Å². The van der Waals surface area contributed by atoms with E-state index in [4.69, 9.17) is 23.6 Å². The van der Waals surface area contributed by atoms with Crippen molar-refractivity contribution in [1.82, 2.24) is 13.9 Å². The van der Waals surface area contributed by atoms with Crippen molar-refractivity contribution < 1.29 is 4.57 Å².